The predicted molar refractivity (Wildman–Crippen MR) is 157 cm³/mol. The van der Waals surface area contributed by atoms with Crippen LogP contribution < -0.4 is 10.6 Å². The molecule has 4 aromatic rings. The zero-order valence-corrected chi connectivity index (χ0v) is 23.2. The topological polar surface area (TPSA) is 131 Å². The number of Topliss-reactive ketones (excluding diaryl/α,β-unsaturated/α-hetero) is 1. The lowest BCUT2D eigenvalue weighted by atomic mass is 10.0. The van der Waals surface area contributed by atoms with Crippen LogP contribution >= 0.6 is 12.4 Å². The van der Waals surface area contributed by atoms with Crippen molar-refractivity contribution in [3.05, 3.63) is 95.4 Å². The average molecular weight is 562 g/mol. The minimum atomic E-state index is -0.394. The number of nitrogen functional groups attached to an aromatic ring is 1. The summed E-state index contributed by atoms with van der Waals surface area (Å²) in [5, 5.41) is 8.26. The summed E-state index contributed by atoms with van der Waals surface area (Å²) in [4.78, 5) is 44.4. The van der Waals surface area contributed by atoms with Crippen LogP contribution in [0.1, 0.15) is 51.6 Å². The van der Waals surface area contributed by atoms with E-state index in [2.05, 4.69) is 4.98 Å². The average Bonchev–Trinajstić information content (AvgIpc) is 3.28. The number of nitrogens with one attached hydrogen (secondary N) is 1. The fraction of sp³-hybridized carbons (Fsp3) is 0.233. The number of pyridine rings is 1. The van der Waals surface area contributed by atoms with Gasteiger partial charge < -0.3 is 19.9 Å². The van der Waals surface area contributed by atoms with E-state index in [-0.39, 0.29) is 49.5 Å². The maximum absolute atomic E-state index is 13.4. The molecule has 0 aliphatic heterocycles. The molecule has 0 saturated heterocycles. The number of hydrogen-bond acceptors (Lipinski definition) is 6. The number of fused-ring (bicyclic) bond motifs is 1. The van der Waals surface area contributed by atoms with Gasteiger partial charge in [-0.3, -0.25) is 24.8 Å². The molecule has 0 fully saturated rings. The number of carbonyl (C=O) groups excluding carboxylic acids is 3. The van der Waals surface area contributed by atoms with E-state index in [1.54, 1.807) is 37.4 Å². The van der Waals surface area contributed by atoms with Crippen LogP contribution in [0.5, 0.6) is 0 Å². The molecule has 0 unspecified atom stereocenters. The molecule has 0 saturated carbocycles. The summed E-state index contributed by atoms with van der Waals surface area (Å²) in [7, 11) is 1.87. The van der Waals surface area contributed by atoms with Gasteiger partial charge in [0.25, 0.3) is 5.91 Å². The van der Waals surface area contributed by atoms with Gasteiger partial charge in [0.2, 0.25) is 0 Å². The second-order valence-corrected chi connectivity index (χ2v) is 9.14. The molecular weight excluding hydrogens is 530 g/mol. The number of ether oxygens (including phenoxy) is 1. The second-order valence-electron chi connectivity index (χ2n) is 9.14. The van der Waals surface area contributed by atoms with E-state index in [0.29, 0.717) is 35.2 Å². The van der Waals surface area contributed by atoms with Crippen molar-refractivity contribution < 1.29 is 19.1 Å². The molecule has 0 bridgehead atoms. The Balaban J connectivity index is 0.00000441. The number of aryl methyl sites for hydroxylation is 2. The Labute approximate surface area is 238 Å². The van der Waals surface area contributed by atoms with Crippen LogP contribution in [0.15, 0.2) is 73.2 Å². The minimum absolute atomic E-state index is 0. The SMILES string of the molecule is CCOC(=O)CCN(C(=O)c1cccnc1)c1ccc2c(c1)c(C(=O)CCc1ccc(C(=N)N)cc1)cn2C.Cl. The second kappa shape index (κ2) is 13.5. The van der Waals surface area contributed by atoms with Crippen molar-refractivity contribution in [3.63, 3.8) is 0 Å². The molecule has 2 heterocycles. The molecule has 0 atom stereocenters. The van der Waals surface area contributed by atoms with Crippen LogP contribution in [0.25, 0.3) is 10.9 Å². The van der Waals surface area contributed by atoms with Gasteiger partial charge in [-0.05, 0) is 49.2 Å². The van der Waals surface area contributed by atoms with Gasteiger partial charge in [0.1, 0.15) is 5.84 Å². The van der Waals surface area contributed by atoms with Crippen LogP contribution in [0.2, 0.25) is 0 Å². The Hall–Kier alpha value is -4.50. The Morgan fingerprint density at radius 2 is 1.80 bits per heavy atom. The van der Waals surface area contributed by atoms with Crippen LogP contribution in [-0.4, -0.2) is 46.2 Å². The van der Waals surface area contributed by atoms with Crippen molar-refractivity contribution in [2.24, 2.45) is 12.8 Å². The van der Waals surface area contributed by atoms with Crippen LogP contribution in [0.4, 0.5) is 5.69 Å². The first-order valence-corrected chi connectivity index (χ1v) is 12.7. The number of carbonyl (C=O) groups is 3. The molecule has 2 aromatic carbocycles. The molecule has 208 valence electrons. The third kappa shape index (κ3) is 6.92. The first-order chi connectivity index (χ1) is 18.8. The Morgan fingerprint density at radius 1 is 1.05 bits per heavy atom. The normalized spacial score (nSPS) is 10.6. The zero-order chi connectivity index (χ0) is 27.9. The lowest BCUT2D eigenvalue weighted by Crippen LogP contribution is -2.33. The van der Waals surface area contributed by atoms with Crippen molar-refractivity contribution in [3.8, 4) is 0 Å². The van der Waals surface area contributed by atoms with Crippen LogP contribution in [0, 0.1) is 5.41 Å². The lowest BCUT2D eigenvalue weighted by molar-refractivity contribution is -0.142. The van der Waals surface area contributed by atoms with Gasteiger partial charge in [-0.15, -0.1) is 12.4 Å². The summed E-state index contributed by atoms with van der Waals surface area (Å²) in [6.45, 7) is 2.11. The highest BCUT2D eigenvalue weighted by atomic mass is 35.5. The number of ketones is 1. The Kier molecular flexibility index (Phi) is 10.2. The molecule has 4 rings (SSSR count). The number of esters is 1. The van der Waals surface area contributed by atoms with Gasteiger partial charge in [-0.1, -0.05) is 24.3 Å². The summed E-state index contributed by atoms with van der Waals surface area (Å²) >= 11 is 0. The zero-order valence-electron chi connectivity index (χ0n) is 22.4. The van der Waals surface area contributed by atoms with Gasteiger partial charge in [-0.2, -0.15) is 0 Å². The number of amides is 1. The Bertz CT molecular complexity index is 1520. The van der Waals surface area contributed by atoms with Crippen molar-refractivity contribution in [1.29, 1.82) is 5.41 Å². The molecule has 0 radical (unpaired) electrons. The fourth-order valence-corrected chi connectivity index (χ4v) is 4.44. The maximum Gasteiger partial charge on any atom is 0.307 e. The number of aromatic nitrogens is 2. The number of nitrogens with two attached hydrogens (primary N) is 1. The molecule has 10 heteroatoms. The van der Waals surface area contributed by atoms with E-state index in [1.165, 1.54) is 11.1 Å². The lowest BCUT2D eigenvalue weighted by Gasteiger charge is -2.23. The molecule has 2 aromatic heterocycles. The van der Waals surface area contributed by atoms with Crippen LogP contribution in [-0.2, 0) is 23.0 Å². The molecule has 1 amide bonds. The van der Waals surface area contributed by atoms with E-state index >= 15 is 0 Å². The van der Waals surface area contributed by atoms with E-state index in [0.717, 1.165) is 16.5 Å². The quantitative estimate of drug-likeness (QED) is 0.118. The summed E-state index contributed by atoms with van der Waals surface area (Å²) in [6, 6.07) is 16.2. The van der Waals surface area contributed by atoms with Crippen molar-refractivity contribution >= 4 is 52.5 Å². The molecule has 0 aliphatic carbocycles. The van der Waals surface area contributed by atoms with E-state index < -0.39 is 5.97 Å². The highest BCUT2D eigenvalue weighted by molar-refractivity contribution is 6.11. The summed E-state index contributed by atoms with van der Waals surface area (Å²) in [5.41, 5.74) is 9.52. The predicted octanol–water partition coefficient (Wildman–Crippen LogP) is 4.69. The first-order valence-electron chi connectivity index (χ1n) is 12.7. The molecular formula is C30H32ClN5O4. The number of rotatable bonds is 11. The molecule has 0 spiro atoms. The minimum Gasteiger partial charge on any atom is -0.466 e. The van der Waals surface area contributed by atoms with E-state index in [1.807, 2.05) is 48.1 Å². The molecule has 0 aliphatic rings. The van der Waals surface area contributed by atoms with E-state index in [9.17, 15) is 14.4 Å². The third-order valence-electron chi connectivity index (χ3n) is 6.49. The summed E-state index contributed by atoms with van der Waals surface area (Å²) in [6.07, 6.45) is 5.74. The van der Waals surface area contributed by atoms with Gasteiger partial charge >= 0.3 is 5.97 Å². The third-order valence-corrected chi connectivity index (χ3v) is 6.49. The highest BCUT2D eigenvalue weighted by Crippen LogP contribution is 2.29. The molecule has 3 N–H and O–H groups in total. The van der Waals surface area contributed by atoms with Crippen LogP contribution in [0.3, 0.4) is 0 Å². The standard InChI is InChI=1S/C30H31N5O4.ClH/c1-3-39-28(37)14-16-35(30(38)22-5-4-15-33-18-22)23-11-12-26-24(17-23)25(19-34(26)2)27(36)13-8-20-6-9-21(10-7-20)29(31)32;/h4-7,9-12,15,17-19H,3,8,13-14,16H2,1-2H3,(H3,31,32);1H. The summed E-state index contributed by atoms with van der Waals surface area (Å²) in [5.74, 6) is -0.716. The smallest absolute Gasteiger partial charge is 0.307 e. The first kappa shape index (κ1) is 30.0. The fourth-order valence-electron chi connectivity index (χ4n) is 4.44. The number of benzene rings is 2. The number of anilines is 1. The number of halogens is 1. The van der Waals surface area contributed by atoms with Gasteiger partial charge in [0.05, 0.1) is 18.6 Å². The summed E-state index contributed by atoms with van der Waals surface area (Å²) < 4.78 is 6.95. The van der Waals surface area contributed by atoms with Gasteiger partial charge in [-0.25, -0.2) is 0 Å². The Morgan fingerprint density at radius 3 is 2.45 bits per heavy atom. The van der Waals surface area contributed by atoms with Crippen molar-refractivity contribution in [1.82, 2.24) is 9.55 Å². The maximum atomic E-state index is 13.4. The number of amidine groups is 1. The molecule has 9 nitrogen and oxygen atoms in total. The van der Waals surface area contributed by atoms with Gasteiger partial charge in [0.15, 0.2) is 5.78 Å². The number of hydrogen-bond donors (Lipinski definition) is 2. The number of nitrogens with zero attached hydrogens (tertiary/aromatic N) is 3. The van der Waals surface area contributed by atoms with Crippen molar-refractivity contribution in [2.45, 2.75) is 26.2 Å². The van der Waals surface area contributed by atoms with Gasteiger partial charge in [0, 0.05) is 66.3 Å². The van der Waals surface area contributed by atoms with E-state index in [4.69, 9.17) is 15.9 Å². The van der Waals surface area contributed by atoms with Crippen molar-refractivity contribution in [2.75, 3.05) is 18.1 Å². The molecule has 40 heavy (non-hydrogen) atoms. The highest BCUT2D eigenvalue weighted by Gasteiger charge is 2.22. The monoisotopic (exact) mass is 561 g/mol. The largest absolute Gasteiger partial charge is 0.466 e.